The molecule has 4 heteroatoms. The lowest BCUT2D eigenvalue weighted by atomic mass is 9.99. The van der Waals surface area contributed by atoms with E-state index in [4.69, 9.17) is 0 Å². The summed E-state index contributed by atoms with van der Waals surface area (Å²) in [6.45, 7) is 5.13. The number of nitrogens with one attached hydrogen (secondary N) is 2. The van der Waals surface area contributed by atoms with E-state index in [-0.39, 0.29) is 5.91 Å². The Bertz CT molecular complexity index is 357. The molecule has 0 bridgehead atoms. The highest BCUT2D eigenvalue weighted by Crippen LogP contribution is 2.21. The SMILES string of the molecule is CNC(=O)CCn1ccc(C(NC)C(C)C)c1. The van der Waals surface area contributed by atoms with Crippen LogP contribution in [0, 0.1) is 5.92 Å². The quantitative estimate of drug-likeness (QED) is 0.788. The van der Waals surface area contributed by atoms with Gasteiger partial charge in [0.1, 0.15) is 0 Å². The molecule has 0 fully saturated rings. The second-order valence-corrected chi connectivity index (χ2v) is 4.62. The number of hydrogen-bond acceptors (Lipinski definition) is 2. The van der Waals surface area contributed by atoms with E-state index >= 15 is 0 Å². The molecule has 0 saturated heterocycles. The molecule has 0 saturated carbocycles. The minimum absolute atomic E-state index is 0.0780. The second kappa shape index (κ2) is 6.45. The zero-order valence-corrected chi connectivity index (χ0v) is 11.2. The average molecular weight is 237 g/mol. The minimum Gasteiger partial charge on any atom is -0.359 e. The normalized spacial score (nSPS) is 12.8. The highest BCUT2D eigenvalue weighted by Gasteiger charge is 2.14. The van der Waals surface area contributed by atoms with Crippen molar-refractivity contribution < 1.29 is 4.79 Å². The van der Waals surface area contributed by atoms with Gasteiger partial charge in [0.15, 0.2) is 0 Å². The van der Waals surface area contributed by atoms with Gasteiger partial charge in [-0.3, -0.25) is 4.79 Å². The fraction of sp³-hybridized carbons (Fsp3) is 0.615. The molecule has 1 rings (SSSR count). The Hall–Kier alpha value is -1.29. The Morgan fingerprint density at radius 1 is 1.41 bits per heavy atom. The smallest absolute Gasteiger partial charge is 0.221 e. The highest BCUT2D eigenvalue weighted by molar-refractivity contribution is 5.75. The topological polar surface area (TPSA) is 46.1 Å². The first kappa shape index (κ1) is 13.8. The third kappa shape index (κ3) is 3.89. The van der Waals surface area contributed by atoms with Crippen LogP contribution in [0.1, 0.15) is 31.9 Å². The van der Waals surface area contributed by atoms with E-state index < -0.39 is 0 Å². The van der Waals surface area contributed by atoms with Gasteiger partial charge in [-0.25, -0.2) is 0 Å². The molecule has 0 spiro atoms. The van der Waals surface area contributed by atoms with E-state index in [0.717, 1.165) is 6.54 Å². The van der Waals surface area contributed by atoms with Crippen LogP contribution >= 0.6 is 0 Å². The van der Waals surface area contributed by atoms with Crippen molar-refractivity contribution in [2.75, 3.05) is 14.1 Å². The Kier molecular flexibility index (Phi) is 5.22. The molecule has 1 aromatic rings. The summed E-state index contributed by atoms with van der Waals surface area (Å²) in [5, 5.41) is 5.94. The summed E-state index contributed by atoms with van der Waals surface area (Å²) in [5.41, 5.74) is 1.28. The maximum Gasteiger partial charge on any atom is 0.221 e. The van der Waals surface area contributed by atoms with Crippen molar-refractivity contribution in [3.8, 4) is 0 Å². The van der Waals surface area contributed by atoms with Gasteiger partial charge < -0.3 is 15.2 Å². The number of hydrogen-bond donors (Lipinski definition) is 2. The van der Waals surface area contributed by atoms with Gasteiger partial charge in [-0.2, -0.15) is 0 Å². The minimum atomic E-state index is 0.0780. The summed E-state index contributed by atoms with van der Waals surface area (Å²) in [5.74, 6) is 0.629. The van der Waals surface area contributed by atoms with Crippen molar-refractivity contribution in [2.45, 2.75) is 32.9 Å². The van der Waals surface area contributed by atoms with Crippen LogP contribution < -0.4 is 10.6 Å². The predicted molar refractivity (Wildman–Crippen MR) is 69.8 cm³/mol. The van der Waals surface area contributed by atoms with Crippen molar-refractivity contribution in [1.29, 1.82) is 0 Å². The van der Waals surface area contributed by atoms with Crippen LogP contribution in [0.25, 0.3) is 0 Å². The van der Waals surface area contributed by atoms with Gasteiger partial charge in [0.25, 0.3) is 0 Å². The lowest BCUT2D eigenvalue weighted by Crippen LogP contribution is -2.21. The Labute approximate surface area is 103 Å². The maximum absolute atomic E-state index is 11.2. The van der Waals surface area contributed by atoms with E-state index in [2.05, 4.69) is 41.3 Å². The Balaban J connectivity index is 2.61. The lowest BCUT2D eigenvalue weighted by Gasteiger charge is -2.18. The van der Waals surface area contributed by atoms with Crippen molar-refractivity contribution in [3.05, 3.63) is 24.0 Å². The number of amides is 1. The third-order valence-electron chi connectivity index (χ3n) is 2.99. The Morgan fingerprint density at radius 3 is 2.65 bits per heavy atom. The number of nitrogens with zero attached hydrogens (tertiary/aromatic N) is 1. The number of aromatic nitrogens is 1. The predicted octanol–water partition coefficient (Wildman–Crippen LogP) is 1.54. The van der Waals surface area contributed by atoms with Crippen molar-refractivity contribution in [3.63, 3.8) is 0 Å². The van der Waals surface area contributed by atoms with E-state index in [1.807, 2.05) is 13.2 Å². The van der Waals surface area contributed by atoms with Gasteiger partial charge in [0.05, 0.1) is 0 Å². The summed E-state index contributed by atoms with van der Waals surface area (Å²) in [4.78, 5) is 11.2. The molecule has 17 heavy (non-hydrogen) atoms. The molecule has 1 amide bonds. The molecule has 96 valence electrons. The highest BCUT2D eigenvalue weighted by atomic mass is 16.1. The summed E-state index contributed by atoms with van der Waals surface area (Å²) in [6.07, 6.45) is 4.67. The molecule has 1 aromatic heterocycles. The number of carbonyl (C=O) groups is 1. The molecule has 0 aliphatic carbocycles. The van der Waals surface area contributed by atoms with Crippen molar-refractivity contribution >= 4 is 5.91 Å². The largest absolute Gasteiger partial charge is 0.359 e. The molecule has 4 nitrogen and oxygen atoms in total. The molecule has 0 aromatic carbocycles. The zero-order valence-electron chi connectivity index (χ0n) is 11.2. The van der Waals surface area contributed by atoms with Crippen LogP contribution in [-0.2, 0) is 11.3 Å². The van der Waals surface area contributed by atoms with Crippen LogP contribution in [0.4, 0.5) is 0 Å². The van der Waals surface area contributed by atoms with E-state index in [0.29, 0.717) is 18.4 Å². The van der Waals surface area contributed by atoms with Crippen LogP contribution in [0.5, 0.6) is 0 Å². The third-order valence-corrected chi connectivity index (χ3v) is 2.99. The molecule has 1 unspecified atom stereocenters. The monoisotopic (exact) mass is 237 g/mol. The summed E-state index contributed by atoms with van der Waals surface area (Å²) in [7, 11) is 3.64. The first-order valence-corrected chi connectivity index (χ1v) is 6.12. The maximum atomic E-state index is 11.2. The van der Waals surface area contributed by atoms with Crippen molar-refractivity contribution in [1.82, 2.24) is 15.2 Å². The standard InChI is InChI=1S/C13H23N3O/c1-10(2)13(15-4)11-5-7-16(9-11)8-6-12(17)14-3/h5,7,9-10,13,15H,6,8H2,1-4H3,(H,14,17). The van der Waals surface area contributed by atoms with E-state index in [1.54, 1.807) is 7.05 Å². The molecule has 2 N–H and O–H groups in total. The molecule has 0 radical (unpaired) electrons. The first-order chi connectivity index (χ1) is 8.08. The van der Waals surface area contributed by atoms with Crippen molar-refractivity contribution in [2.24, 2.45) is 5.92 Å². The Morgan fingerprint density at radius 2 is 2.12 bits per heavy atom. The van der Waals surface area contributed by atoms with Gasteiger partial charge in [-0.05, 0) is 24.6 Å². The number of carbonyl (C=O) groups excluding carboxylic acids is 1. The summed E-state index contributed by atoms with van der Waals surface area (Å²) < 4.78 is 2.07. The van der Waals surface area contributed by atoms with E-state index in [9.17, 15) is 4.79 Å². The summed E-state index contributed by atoms with van der Waals surface area (Å²) >= 11 is 0. The summed E-state index contributed by atoms with van der Waals surface area (Å²) in [6, 6.07) is 2.49. The van der Waals surface area contributed by atoms with Gasteiger partial charge in [-0.15, -0.1) is 0 Å². The van der Waals surface area contributed by atoms with Crippen LogP contribution in [0.2, 0.25) is 0 Å². The fourth-order valence-corrected chi connectivity index (χ4v) is 2.02. The van der Waals surface area contributed by atoms with Crippen LogP contribution in [0.3, 0.4) is 0 Å². The molecule has 0 aliphatic heterocycles. The number of aryl methyl sites for hydroxylation is 1. The lowest BCUT2D eigenvalue weighted by molar-refractivity contribution is -0.120. The zero-order chi connectivity index (χ0) is 12.8. The van der Waals surface area contributed by atoms with Gasteiger partial charge in [0.2, 0.25) is 5.91 Å². The number of rotatable bonds is 6. The molecule has 0 aliphatic rings. The second-order valence-electron chi connectivity index (χ2n) is 4.62. The molecular formula is C13H23N3O. The van der Waals surface area contributed by atoms with Gasteiger partial charge >= 0.3 is 0 Å². The average Bonchev–Trinajstić information content (AvgIpc) is 2.75. The first-order valence-electron chi connectivity index (χ1n) is 6.12. The molecule has 1 heterocycles. The molecular weight excluding hydrogens is 214 g/mol. The van der Waals surface area contributed by atoms with Gasteiger partial charge in [-0.1, -0.05) is 13.8 Å². The van der Waals surface area contributed by atoms with Crippen LogP contribution in [-0.4, -0.2) is 24.6 Å². The van der Waals surface area contributed by atoms with E-state index in [1.165, 1.54) is 5.56 Å². The van der Waals surface area contributed by atoms with Crippen LogP contribution in [0.15, 0.2) is 18.5 Å². The molecule has 1 atom stereocenters. The van der Waals surface area contributed by atoms with Gasteiger partial charge in [0, 0.05) is 38.4 Å². The fourth-order valence-electron chi connectivity index (χ4n) is 2.02.